The van der Waals surface area contributed by atoms with E-state index in [-0.39, 0.29) is 34.8 Å². The minimum absolute atomic E-state index is 0.0609. The van der Waals surface area contributed by atoms with Crippen molar-refractivity contribution < 1.29 is 32.2 Å². The molecule has 0 bridgehead atoms. The predicted octanol–water partition coefficient (Wildman–Crippen LogP) is 5.47. The van der Waals surface area contributed by atoms with Crippen molar-refractivity contribution in [2.24, 2.45) is 0 Å². The smallest absolute Gasteiger partial charge is 0.264 e. The fourth-order valence-corrected chi connectivity index (χ4v) is 6.98. The Kier molecular flexibility index (Phi) is 11.9. The Morgan fingerprint density at radius 1 is 0.913 bits per heavy atom. The van der Waals surface area contributed by atoms with Crippen LogP contribution in [0.5, 0.6) is 17.2 Å². The molecule has 0 spiro atoms. The Bertz CT molecular complexity index is 1570. The van der Waals surface area contributed by atoms with Crippen molar-refractivity contribution in [1.82, 2.24) is 10.2 Å². The van der Waals surface area contributed by atoms with Crippen molar-refractivity contribution >= 4 is 27.5 Å². The molecule has 3 aromatic rings. The molecule has 4 rings (SSSR count). The van der Waals surface area contributed by atoms with Crippen LogP contribution in [0.1, 0.15) is 57.1 Å². The molecular formula is C35H45N3O7S. The van der Waals surface area contributed by atoms with Gasteiger partial charge in [-0.25, -0.2) is 8.42 Å². The number of carbonyl (C=O) groups is 2. The molecule has 3 aromatic carbocycles. The number of hydrogen-bond acceptors (Lipinski definition) is 7. The largest absolute Gasteiger partial charge is 0.494 e. The molecule has 1 atom stereocenters. The van der Waals surface area contributed by atoms with Crippen LogP contribution in [0.2, 0.25) is 0 Å². The lowest BCUT2D eigenvalue weighted by Crippen LogP contribution is -2.53. The summed E-state index contributed by atoms with van der Waals surface area (Å²) in [7, 11) is -1.42. The summed E-state index contributed by atoms with van der Waals surface area (Å²) >= 11 is 0. The van der Waals surface area contributed by atoms with E-state index >= 15 is 0 Å². The number of rotatable bonds is 14. The molecular weight excluding hydrogens is 606 g/mol. The van der Waals surface area contributed by atoms with Crippen LogP contribution in [0.4, 0.5) is 5.69 Å². The van der Waals surface area contributed by atoms with E-state index in [1.807, 2.05) is 38.1 Å². The molecule has 0 saturated heterocycles. The number of methoxy groups -OCH3 is 2. The monoisotopic (exact) mass is 651 g/mol. The van der Waals surface area contributed by atoms with E-state index < -0.39 is 28.5 Å². The highest BCUT2D eigenvalue weighted by atomic mass is 32.2. The van der Waals surface area contributed by atoms with Gasteiger partial charge in [0.15, 0.2) is 11.5 Å². The third-order valence-corrected chi connectivity index (χ3v) is 10.0. The van der Waals surface area contributed by atoms with Crippen LogP contribution in [0.15, 0.2) is 71.6 Å². The van der Waals surface area contributed by atoms with Crippen LogP contribution in [0.25, 0.3) is 0 Å². The standard InChI is InChI=1S/C35H45N3O7S/c1-6-45-30-18-16-29(17-19-30)38(46(41,42)31-20-21-32(43-4)33(22-31)44-5)24-34(39)37(23-27-14-12-25(2)13-15-27)26(3)35(40)36-28-10-8-7-9-11-28/h12-22,26,28H,6-11,23-24H2,1-5H3,(H,36,40)/t26-/m1/s1. The molecule has 248 valence electrons. The number of amides is 2. The lowest BCUT2D eigenvalue weighted by molar-refractivity contribution is -0.139. The first-order valence-corrected chi connectivity index (χ1v) is 17.1. The maximum absolute atomic E-state index is 14.3. The topological polar surface area (TPSA) is 114 Å². The van der Waals surface area contributed by atoms with Crippen molar-refractivity contribution in [3.05, 3.63) is 77.9 Å². The molecule has 11 heteroatoms. The highest BCUT2D eigenvalue weighted by molar-refractivity contribution is 7.92. The second-order valence-electron chi connectivity index (χ2n) is 11.5. The fraction of sp³-hybridized carbons (Fsp3) is 0.429. The Balaban J connectivity index is 1.71. The summed E-state index contributed by atoms with van der Waals surface area (Å²) in [5.74, 6) is 0.380. The molecule has 1 aliphatic rings. The molecule has 1 fully saturated rings. The zero-order valence-corrected chi connectivity index (χ0v) is 28.1. The van der Waals surface area contributed by atoms with Gasteiger partial charge in [0.25, 0.3) is 10.0 Å². The van der Waals surface area contributed by atoms with E-state index in [0.717, 1.165) is 47.5 Å². The Morgan fingerprint density at radius 3 is 2.17 bits per heavy atom. The quantitative estimate of drug-likeness (QED) is 0.246. The van der Waals surface area contributed by atoms with Gasteiger partial charge in [-0.3, -0.25) is 13.9 Å². The van der Waals surface area contributed by atoms with Gasteiger partial charge in [-0.2, -0.15) is 0 Å². The van der Waals surface area contributed by atoms with E-state index in [4.69, 9.17) is 14.2 Å². The second kappa shape index (κ2) is 15.8. The fourth-order valence-electron chi connectivity index (χ4n) is 5.55. The van der Waals surface area contributed by atoms with Crippen molar-refractivity contribution in [3.63, 3.8) is 0 Å². The third-order valence-electron chi connectivity index (χ3n) is 8.25. The molecule has 1 aliphatic carbocycles. The number of carbonyl (C=O) groups excluding carboxylic acids is 2. The first-order valence-electron chi connectivity index (χ1n) is 15.7. The molecule has 1 saturated carbocycles. The van der Waals surface area contributed by atoms with Gasteiger partial charge in [-0.15, -0.1) is 0 Å². The lowest BCUT2D eigenvalue weighted by atomic mass is 9.95. The van der Waals surface area contributed by atoms with Crippen molar-refractivity contribution in [2.75, 3.05) is 31.7 Å². The number of anilines is 1. The van der Waals surface area contributed by atoms with E-state index in [1.54, 1.807) is 31.2 Å². The summed E-state index contributed by atoms with van der Waals surface area (Å²) in [4.78, 5) is 29.2. The molecule has 0 heterocycles. The predicted molar refractivity (Wildman–Crippen MR) is 178 cm³/mol. The molecule has 0 radical (unpaired) electrons. The summed E-state index contributed by atoms with van der Waals surface area (Å²) in [5.41, 5.74) is 2.15. The van der Waals surface area contributed by atoms with Crippen LogP contribution < -0.4 is 23.8 Å². The summed E-state index contributed by atoms with van der Waals surface area (Å²) < 4.78 is 45.9. The van der Waals surface area contributed by atoms with Crippen molar-refractivity contribution in [1.29, 1.82) is 0 Å². The minimum Gasteiger partial charge on any atom is -0.494 e. The van der Waals surface area contributed by atoms with Gasteiger partial charge in [0, 0.05) is 18.7 Å². The number of benzene rings is 3. The SMILES string of the molecule is CCOc1ccc(N(CC(=O)N(Cc2ccc(C)cc2)[C@H](C)C(=O)NC2CCCCC2)S(=O)(=O)c2ccc(OC)c(OC)c2)cc1. The molecule has 0 unspecified atom stereocenters. The lowest BCUT2D eigenvalue weighted by Gasteiger charge is -2.33. The minimum atomic E-state index is -4.30. The van der Waals surface area contributed by atoms with E-state index in [2.05, 4.69) is 5.32 Å². The summed E-state index contributed by atoms with van der Waals surface area (Å²) in [6.45, 7) is 5.55. The number of nitrogens with zero attached hydrogens (tertiary/aromatic N) is 2. The van der Waals surface area contributed by atoms with Gasteiger partial charge in [0.2, 0.25) is 11.8 Å². The first kappa shape index (κ1) is 34.6. The number of ether oxygens (including phenoxy) is 3. The number of nitrogens with one attached hydrogen (secondary N) is 1. The third kappa shape index (κ3) is 8.51. The van der Waals surface area contributed by atoms with E-state index in [0.29, 0.717) is 18.1 Å². The van der Waals surface area contributed by atoms with Crippen LogP contribution >= 0.6 is 0 Å². The van der Waals surface area contributed by atoms with Gasteiger partial charge in [-0.05, 0) is 75.6 Å². The molecule has 0 aliphatic heterocycles. The Morgan fingerprint density at radius 2 is 1.57 bits per heavy atom. The van der Waals surface area contributed by atoms with E-state index in [9.17, 15) is 18.0 Å². The zero-order valence-electron chi connectivity index (χ0n) is 27.3. The van der Waals surface area contributed by atoms with Crippen molar-refractivity contribution in [2.45, 2.75) is 76.4 Å². The van der Waals surface area contributed by atoms with Gasteiger partial charge >= 0.3 is 0 Å². The highest BCUT2D eigenvalue weighted by Crippen LogP contribution is 2.33. The first-order chi connectivity index (χ1) is 22.1. The van der Waals surface area contributed by atoms with E-state index in [1.165, 1.54) is 37.3 Å². The normalized spacial score (nSPS) is 14.2. The second-order valence-corrected chi connectivity index (χ2v) is 13.3. The summed E-state index contributed by atoms with van der Waals surface area (Å²) in [6.07, 6.45) is 5.06. The van der Waals surface area contributed by atoms with Crippen LogP contribution in [-0.4, -0.2) is 64.6 Å². The van der Waals surface area contributed by atoms with Gasteiger partial charge in [0.1, 0.15) is 18.3 Å². The summed E-state index contributed by atoms with van der Waals surface area (Å²) in [5, 5.41) is 3.13. The molecule has 0 aromatic heterocycles. The molecule has 10 nitrogen and oxygen atoms in total. The molecule has 2 amide bonds. The average Bonchev–Trinajstić information content (AvgIpc) is 3.07. The average molecular weight is 652 g/mol. The van der Waals surface area contributed by atoms with Gasteiger partial charge in [0.05, 0.1) is 31.4 Å². The van der Waals surface area contributed by atoms with Crippen molar-refractivity contribution in [3.8, 4) is 17.2 Å². The van der Waals surface area contributed by atoms with Gasteiger partial charge in [-0.1, -0.05) is 49.1 Å². The zero-order chi connectivity index (χ0) is 33.3. The van der Waals surface area contributed by atoms with Crippen LogP contribution in [0.3, 0.4) is 0 Å². The van der Waals surface area contributed by atoms with Crippen LogP contribution in [0, 0.1) is 6.92 Å². The van der Waals surface area contributed by atoms with Crippen LogP contribution in [-0.2, 0) is 26.2 Å². The number of sulfonamides is 1. The summed E-state index contributed by atoms with van der Waals surface area (Å²) in [6, 6.07) is 17.7. The maximum atomic E-state index is 14.3. The Labute approximate surface area is 272 Å². The van der Waals surface area contributed by atoms with Gasteiger partial charge < -0.3 is 24.4 Å². The number of hydrogen-bond donors (Lipinski definition) is 1. The highest BCUT2D eigenvalue weighted by Gasteiger charge is 2.33. The maximum Gasteiger partial charge on any atom is 0.264 e. The number of aryl methyl sites for hydroxylation is 1. The molecule has 1 N–H and O–H groups in total. The molecule has 46 heavy (non-hydrogen) atoms. The Hall–Kier alpha value is -4.25.